The maximum Gasteiger partial charge on any atom is 0.338 e. The van der Waals surface area contributed by atoms with Gasteiger partial charge in [-0.25, -0.2) is 19.2 Å². The number of carboxylic acid groups (broad SMARTS) is 4. The highest BCUT2D eigenvalue weighted by molar-refractivity contribution is 7.09. The zero-order chi connectivity index (χ0) is 21.9. The van der Waals surface area contributed by atoms with Crippen LogP contribution in [0.2, 0.25) is 0 Å². The molecule has 0 aliphatic carbocycles. The Morgan fingerprint density at radius 2 is 1.33 bits per heavy atom. The van der Waals surface area contributed by atoms with E-state index in [4.69, 9.17) is 40.9 Å². The van der Waals surface area contributed by atoms with Gasteiger partial charge in [0.25, 0.3) is 0 Å². The Morgan fingerprint density at radius 3 is 1.44 bits per heavy atom. The monoisotopic (exact) mass is 412 g/mol. The van der Waals surface area contributed by atoms with E-state index >= 15 is 0 Å². The van der Waals surface area contributed by atoms with E-state index in [1.807, 2.05) is 0 Å². The topological polar surface area (TPSA) is 230 Å². The lowest BCUT2D eigenvalue weighted by atomic mass is 10.00. The third-order valence-corrected chi connectivity index (χ3v) is 3.47. The van der Waals surface area contributed by atoms with E-state index in [1.165, 1.54) is 4.88 Å². The summed E-state index contributed by atoms with van der Waals surface area (Å²) in [5.41, 5.74) is -2.65. The van der Waals surface area contributed by atoms with Crippen LogP contribution in [0.3, 0.4) is 0 Å². The van der Waals surface area contributed by atoms with Crippen molar-refractivity contribution in [3.63, 3.8) is 0 Å². The van der Waals surface area contributed by atoms with Gasteiger partial charge in [0, 0.05) is 4.88 Å². The maximum absolute atomic E-state index is 10.1. The molecule has 0 bridgehead atoms. The standard InChI is InChI=1S/C5H8O6.C5H6S.C4H6O6/c1-5(11,4(9)10)2(6)3(7)8;1-5-3-2-4-6-5;5-1(3(7)8)2(6)4(9)10/h2,6,11H,1H3,(H,7,8)(H,9,10);2-4H,1H3;1-2,5-6H,(H,7,8)(H,9,10). The highest BCUT2D eigenvalue weighted by Crippen LogP contribution is 2.09. The van der Waals surface area contributed by atoms with E-state index in [0.717, 1.165) is 0 Å². The highest BCUT2D eigenvalue weighted by atomic mass is 32.1. The van der Waals surface area contributed by atoms with E-state index in [2.05, 4.69) is 24.4 Å². The third-order valence-electron chi connectivity index (χ3n) is 2.67. The fourth-order valence-electron chi connectivity index (χ4n) is 0.988. The second kappa shape index (κ2) is 11.9. The average Bonchev–Trinajstić information content (AvgIpc) is 3.04. The van der Waals surface area contributed by atoms with Crippen molar-refractivity contribution in [2.24, 2.45) is 0 Å². The van der Waals surface area contributed by atoms with Crippen LogP contribution in [-0.2, 0) is 19.2 Å². The van der Waals surface area contributed by atoms with E-state index in [1.54, 1.807) is 11.3 Å². The number of rotatable bonds is 6. The zero-order valence-corrected chi connectivity index (χ0v) is 14.9. The van der Waals surface area contributed by atoms with Gasteiger partial charge >= 0.3 is 23.9 Å². The van der Waals surface area contributed by atoms with Crippen molar-refractivity contribution in [3.05, 3.63) is 22.4 Å². The van der Waals surface area contributed by atoms with E-state index in [9.17, 15) is 19.2 Å². The average molecular weight is 412 g/mol. The Bertz CT molecular complexity index is 606. The number of hydrogen-bond donors (Lipinski definition) is 8. The van der Waals surface area contributed by atoms with Gasteiger partial charge in [-0.2, -0.15) is 0 Å². The number of carboxylic acids is 4. The molecule has 0 fully saturated rings. The van der Waals surface area contributed by atoms with E-state index in [0.29, 0.717) is 6.92 Å². The zero-order valence-electron chi connectivity index (χ0n) is 14.1. The van der Waals surface area contributed by atoms with Crippen LogP contribution in [0.5, 0.6) is 0 Å². The normalized spacial score (nSPS) is 15.3. The van der Waals surface area contributed by atoms with Gasteiger partial charge in [-0.15, -0.1) is 11.3 Å². The Labute approximate surface area is 156 Å². The van der Waals surface area contributed by atoms with Crippen LogP contribution >= 0.6 is 11.3 Å². The van der Waals surface area contributed by atoms with Gasteiger partial charge < -0.3 is 40.9 Å². The summed E-state index contributed by atoms with van der Waals surface area (Å²) in [6.45, 7) is 2.80. The summed E-state index contributed by atoms with van der Waals surface area (Å²) in [5, 5.41) is 68.3. The molecule has 27 heavy (non-hydrogen) atoms. The summed E-state index contributed by atoms with van der Waals surface area (Å²) in [7, 11) is 0. The molecule has 4 unspecified atom stereocenters. The van der Waals surface area contributed by atoms with Crippen LogP contribution < -0.4 is 0 Å². The fraction of sp³-hybridized carbons (Fsp3) is 0.429. The third kappa shape index (κ3) is 10.2. The molecule has 0 saturated heterocycles. The summed E-state index contributed by atoms with van der Waals surface area (Å²) < 4.78 is 0. The predicted molar refractivity (Wildman–Crippen MR) is 88.2 cm³/mol. The van der Waals surface area contributed by atoms with Crippen LogP contribution in [0.1, 0.15) is 11.8 Å². The van der Waals surface area contributed by atoms with Crippen molar-refractivity contribution in [2.75, 3.05) is 0 Å². The first kappa shape index (κ1) is 26.6. The smallest absolute Gasteiger partial charge is 0.338 e. The number of hydrogen-bond acceptors (Lipinski definition) is 9. The Balaban J connectivity index is 0. The van der Waals surface area contributed by atoms with Gasteiger partial charge in [-0.05, 0) is 25.3 Å². The molecular weight excluding hydrogens is 392 g/mol. The van der Waals surface area contributed by atoms with Crippen LogP contribution in [0, 0.1) is 6.92 Å². The van der Waals surface area contributed by atoms with Crippen molar-refractivity contribution in [3.8, 4) is 0 Å². The first-order chi connectivity index (χ1) is 12.2. The number of carbonyl (C=O) groups is 4. The lowest BCUT2D eigenvalue weighted by molar-refractivity contribution is -0.180. The molecule has 0 aliphatic heterocycles. The molecule has 1 heterocycles. The molecule has 0 spiro atoms. The van der Waals surface area contributed by atoms with Crippen LogP contribution in [0.25, 0.3) is 0 Å². The molecule has 12 nitrogen and oxygen atoms in total. The molecule has 0 saturated carbocycles. The molecule has 13 heteroatoms. The first-order valence-electron chi connectivity index (χ1n) is 6.84. The highest BCUT2D eigenvalue weighted by Gasteiger charge is 2.43. The first-order valence-corrected chi connectivity index (χ1v) is 7.72. The molecule has 8 N–H and O–H groups in total. The molecule has 4 atom stereocenters. The summed E-state index contributed by atoms with van der Waals surface area (Å²) >= 11 is 1.78. The number of aliphatic hydroxyl groups is 4. The van der Waals surface area contributed by atoms with E-state index < -0.39 is 47.8 Å². The van der Waals surface area contributed by atoms with E-state index in [-0.39, 0.29) is 0 Å². The van der Waals surface area contributed by atoms with Crippen molar-refractivity contribution in [1.82, 2.24) is 0 Å². The summed E-state index contributed by atoms with van der Waals surface area (Å²) in [6, 6.07) is 4.16. The Morgan fingerprint density at radius 1 is 0.926 bits per heavy atom. The fourth-order valence-corrected chi connectivity index (χ4v) is 1.52. The van der Waals surface area contributed by atoms with Gasteiger partial charge in [-0.1, -0.05) is 6.07 Å². The molecule has 1 aromatic heterocycles. The number of aryl methyl sites for hydroxylation is 1. The molecule has 0 aliphatic rings. The largest absolute Gasteiger partial charge is 0.479 e. The Kier molecular flexibility index (Phi) is 11.8. The second-order valence-electron chi connectivity index (χ2n) is 4.98. The SMILES string of the molecule is CC(O)(C(=O)O)C(O)C(=O)O.Cc1cccs1.O=C(O)C(O)C(O)C(=O)O. The Hall–Kier alpha value is -2.58. The van der Waals surface area contributed by atoms with Gasteiger partial charge in [0.1, 0.15) is 0 Å². The summed E-state index contributed by atoms with van der Waals surface area (Å²) in [6.07, 6.45) is -6.85. The van der Waals surface area contributed by atoms with Crippen molar-refractivity contribution in [1.29, 1.82) is 0 Å². The number of thiophene rings is 1. The minimum atomic E-state index is -2.65. The molecule has 0 aromatic carbocycles. The molecule has 1 rings (SSSR count). The van der Waals surface area contributed by atoms with Gasteiger partial charge in [0.05, 0.1) is 0 Å². The van der Waals surface area contributed by atoms with Crippen molar-refractivity contribution < 1.29 is 60.0 Å². The maximum atomic E-state index is 10.1. The number of aliphatic carboxylic acids is 4. The van der Waals surface area contributed by atoms with Crippen molar-refractivity contribution in [2.45, 2.75) is 37.8 Å². The second-order valence-corrected chi connectivity index (χ2v) is 6.14. The van der Waals surface area contributed by atoms with Gasteiger partial charge in [0.2, 0.25) is 0 Å². The molecule has 1 aromatic rings. The summed E-state index contributed by atoms with van der Waals surface area (Å²) in [5.74, 6) is -7.10. The lowest BCUT2D eigenvalue weighted by Gasteiger charge is -2.20. The number of aliphatic hydroxyl groups excluding tert-OH is 3. The van der Waals surface area contributed by atoms with Crippen LogP contribution in [0.4, 0.5) is 0 Å². The molecule has 0 amide bonds. The summed E-state index contributed by atoms with van der Waals surface area (Å²) in [4.78, 5) is 41.0. The van der Waals surface area contributed by atoms with Crippen molar-refractivity contribution >= 4 is 35.2 Å². The molecule has 0 radical (unpaired) electrons. The van der Waals surface area contributed by atoms with Crippen LogP contribution in [0.15, 0.2) is 17.5 Å². The lowest BCUT2D eigenvalue weighted by Crippen LogP contribution is -2.50. The molecular formula is C14H20O12S. The van der Waals surface area contributed by atoms with Crippen LogP contribution in [-0.4, -0.2) is 88.6 Å². The minimum absolute atomic E-state index is 0.703. The molecule has 154 valence electrons. The predicted octanol–water partition coefficient (Wildman–Crippen LogP) is -1.80. The van der Waals surface area contributed by atoms with Gasteiger partial charge in [-0.3, -0.25) is 0 Å². The minimum Gasteiger partial charge on any atom is -0.479 e. The van der Waals surface area contributed by atoms with Gasteiger partial charge in [0.15, 0.2) is 23.9 Å². The quantitative estimate of drug-likeness (QED) is 0.259.